The van der Waals surface area contributed by atoms with Gasteiger partial charge >= 0.3 is 0 Å². The minimum atomic E-state index is -3.36. The van der Waals surface area contributed by atoms with Gasteiger partial charge in [-0.2, -0.15) is 4.31 Å². The number of hydrogen-bond donors (Lipinski definition) is 1. The number of nitrogens with two attached hydrogens (primary N) is 1. The SMILES string of the molecule is Cc1cc(S(=O)(=O)N2CCCCC2CCN)c(C)s1.Cl. The Hall–Kier alpha value is -0.140. The summed E-state index contributed by atoms with van der Waals surface area (Å²) in [7, 11) is -3.36. The van der Waals surface area contributed by atoms with Crippen molar-refractivity contribution in [3.8, 4) is 0 Å². The molecule has 0 amide bonds. The van der Waals surface area contributed by atoms with Gasteiger partial charge in [-0.1, -0.05) is 6.42 Å². The van der Waals surface area contributed by atoms with Crippen molar-refractivity contribution in [3.63, 3.8) is 0 Å². The quantitative estimate of drug-likeness (QED) is 0.918. The Balaban J connectivity index is 0.00000200. The third kappa shape index (κ3) is 3.54. The topological polar surface area (TPSA) is 63.4 Å². The molecule has 4 nitrogen and oxygen atoms in total. The second-order valence-corrected chi connectivity index (χ2v) is 8.44. The van der Waals surface area contributed by atoms with E-state index in [9.17, 15) is 8.42 Å². The summed E-state index contributed by atoms with van der Waals surface area (Å²) in [4.78, 5) is 2.41. The molecule has 0 radical (unpaired) electrons. The van der Waals surface area contributed by atoms with Crippen LogP contribution in [0, 0.1) is 13.8 Å². The summed E-state index contributed by atoms with van der Waals surface area (Å²) in [5, 5.41) is 0. The molecule has 1 fully saturated rings. The molecule has 2 rings (SSSR count). The lowest BCUT2D eigenvalue weighted by molar-refractivity contribution is 0.243. The lowest BCUT2D eigenvalue weighted by Gasteiger charge is -2.34. The molecule has 2 heterocycles. The van der Waals surface area contributed by atoms with Crippen molar-refractivity contribution in [2.45, 2.75) is 50.5 Å². The van der Waals surface area contributed by atoms with Crippen molar-refractivity contribution >= 4 is 33.8 Å². The Bertz CT molecular complexity index is 541. The van der Waals surface area contributed by atoms with Gasteiger partial charge in [0.25, 0.3) is 0 Å². The van der Waals surface area contributed by atoms with Crippen LogP contribution in [0.2, 0.25) is 0 Å². The first-order valence-corrected chi connectivity index (χ1v) is 9.01. The molecular formula is C13H23ClN2O2S2. The van der Waals surface area contributed by atoms with Crippen molar-refractivity contribution in [2.75, 3.05) is 13.1 Å². The van der Waals surface area contributed by atoms with E-state index in [2.05, 4.69) is 0 Å². The molecule has 2 N–H and O–H groups in total. The molecule has 0 aromatic carbocycles. The minimum absolute atomic E-state index is 0. The standard InChI is InChI=1S/C13H22N2O2S2.ClH/c1-10-9-13(11(2)18-10)19(16,17)15-8-4-3-5-12(15)6-7-14;/h9,12H,3-8,14H2,1-2H3;1H. The van der Waals surface area contributed by atoms with E-state index in [1.54, 1.807) is 21.7 Å². The van der Waals surface area contributed by atoms with Gasteiger partial charge in [0.05, 0.1) is 4.90 Å². The van der Waals surface area contributed by atoms with Crippen LogP contribution in [0.1, 0.15) is 35.4 Å². The highest BCUT2D eigenvalue weighted by atomic mass is 35.5. The molecule has 1 aliphatic heterocycles. The van der Waals surface area contributed by atoms with E-state index in [0.717, 1.165) is 35.4 Å². The molecule has 1 unspecified atom stereocenters. The zero-order valence-corrected chi connectivity index (χ0v) is 14.4. The van der Waals surface area contributed by atoms with Crippen molar-refractivity contribution in [1.82, 2.24) is 4.31 Å². The molecule has 1 aromatic rings. The van der Waals surface area contributed by atoms with E-state index in [-0.39, 0.29) is 18.4 Å². The molecule has 7 heteroatoms. The van der Waals surface area contributed by atoms with Crippen molar-refractivity contribution in [3.05, 3.63) is 15.8 Å². The fourth-order valence-electron chi connectivity index (χ4n) is 2.76. The fourth-order valence-corrected chi connectivity index (χ4v) is 6.01. The molecule has 1 aromatic heterocycles. The maximum Gasteiger partial charge on any atom is 0.244 e. The van der Waals surface area contributed by atoms with Gasteiger partial charge in [0.15, 0.2) is 0 Å². The second-order valence-electron chi connectivity index (χ2n) is 5.12. The van der Waals surface area contributed by atoms with Gasteiger partial charge in [-0.25, -0.2) is 8.42 Å². The molecule has 0 bridgehead atoms. The van der Waals surface area contributed by atoms with Gasteiger partial charge in [-0.15, -0.1) is 23.7 Å². The second kappa shape index (κ2) is 7.22. The lowest BCUT2D eigenvalue weighted by atomic mass is 10.0. The Morgan fingerprint density at radius 1 is 1.40 bits per heavy atom. The van der Waals surface area contributed by atoms with E-state index in [1.165, 1.54) is 0 Å². The number of thiophene rings is 1. The van der Waals surface area contributed by atoms with E-state index >= 15 is 0 Å². The van der Waals surface area contributed by atoms with Crippen LogP contribution in [0.3, 0.4) is 0 Å². The number of nitrogens with zero attached hydrogens (tertiary/aromatic N) is 1. The van der Waals surface area contributed by atoms with Crippen LogP contribution < -0.4 is 5.73 Å². The maximum atomic E-state index is 12.8. The van der Waals surface area contributed by atoms with Gasteiger partial charge in [0.1, 0.15) is 0 Å². The number of rotatable bonds is 4. The zero-order chi connectivity index (χ0) is 14.0. The maximum absolute atomic E-state index is 12.8. The molecule has 1 atom stereocenters. The summed E-state index contributed by atoms with van der Waals surface area (Å²) in [6.07, 6.45) is 3.72. The van der Waals surface area contributed by atoms with Gasteiger partial charge in [0, 0.05) is 22.3 Å². The van der Waals surface area contributed by atoms with Crippen LogP contribution in [0.15, 0.2) is 11.0 Å². The Morgan fingerprint density at radius 3 is 2.65 bits per heavy atom. The zero-order valence-electron chi connectivity index (χ0n) is 12.0. The highest BCUT2D eigenvalue weighted by molar-refractivity contribution is 7.89. The average Bonchev–Trinajstić information content (AvgIpc) is 2.70. The van der Waals surface area contributed by atoms with Crippen LogP contribution in [-0.4, -0.2) is 31.9 Å². The summed E-state index contributed by atoms with van der Waals surface area (Å²) in [6.45, 7) is 5.00. The van der Waals surface area contributed by atoms with Crippen LogP contribution in [0.4, 0.5) is 0 Å². The lowest BCUT2D eigenvalue weighted by Crippen LogP contribution is -2.44. The fraction of sp³-hybridized carbons (Fsp3) is 0.692. The Labute approximate surface area is 131 Å². The molecular weight excluding hydrogens is 316 g/mol. The van der Waals surface area contributed by atoms with E-state index in [0.29, 0.717) is 18.0 Å². The molecule has 116 valence electrons. The van der Waals surface area contributed by atoms with Gasteiger partial charge in [-0.05, 0) is 45.7 Å². The van der Waals surface area contributed by atoms with Crippen LogP contribution >= 0.6 is 23.7 Å². The first-order chi connectivity index (χ1) is 8.96. The van der Waals surface area contributed by atoms with Crippen LogP contribution in [-0.2, 0) is 10.0 Å². The molecule has 0 aliphatic carbocycles. The average molecular weight is 339 g/mol. The highest BCUT2D eigenvalue weighted by Gasteiger charge is 2.34. The number of sulfonamides is 1. The summed E-state index contributed by atoms with van der Waals surface area (Å²) in [5.74, 6) is 0. The Kier molecular flexibility index (Phi) is 6.47. The van der Waals surface area contributed by atoms with E-state index in [4.69, 9.17) is 5.73 Å². The number of hydrogen-bond acceptors (Lipinski definition) is 4. The summed E-state index contributed by atoms with van der Waals surface area (Å²) in [5.41, 5.74) is 5.62. The van der Waals surface area contributed by atoms with Gasteiger partial charge in [0.2, 0.25) is 10.0 Å². The third-order valence-corrected chi connectivity index (χ3v) is 6.83. The molecule has 0 saturated carbocycles. The first kappa shape index (κ1) is 17.9. The number of piperidine rings is 1. The Morgan fingerprint density at radius 2 is 2.10 bits per heavy atom. The molecule has 0 spiro atoms. The monoisotopic (exact) mass is 338 g/mol. The smallest absolute Gasteiger partial charge is 0.244 e. The molecule has 1 saturated heterocycles. The summed E-state index contributed by atoms with van der Waals surface area (Å²) < 4.78 is 27.3. The predicted octanol–water partition coefficient (Wildman–Crippen LogP) is 2.68. The highest BCUT2D eigenvalue weighted by Crippen LogP contribution is 2.32. The number of aryl methyl sites for hydroxylation is 2. The van der Waals surface area contributed by atoms with Gasteiger partial charge < -0.3 is 5.73 Å². The van der Waals surface area contributed by atoms with Gasteiger partial charge in [-0.3, -0.25) is 0 Å². The predicted molar refractivity (Wildman–Crippen MR) is 86.2 cm³/mol. The van der Waals surface area contributed by atoms with Crippen molar-refractivity contribution in [1.29, 1.82) is 0 Å². The molecule has 20 heavy (non-hydrogen) atoms. The minimum Gasteiger partial charge on any atom is -0.330 e. The normalized spacial score (nSPS) is 20.6. The van der Waals surface area contributed by atoms with Crippen molar-refractivity contribution < 1.29 is 8.42 Å². The molecule has 1 aliphatic rings. The van der Waals surface area contributed by atoms with E-state index in [1.807, 2.05) is 13.8 Å². The first-order valence-electron chi connectivity index (χ1n) is 6.75. The van der Waals surface area contributed by atoms with Crippen LogP contribution in [0.25, 0.3) is 0 Å². The van der Waals surface area contributed by atoms with Crippen molar-refractivity contribution in [2.24, 2.45) is 5.73 Å². The van der Waals surface area contributed by atoms with Crippen LogP contribution in [0.5, 0.6) is 0 Å². The largest absolute Gasteiger partial charge is 0.330 e. The summed E-state index contributed by atoms with van der Waals surface area (Å²) in [6, 6.07) is 1.87. The van der Waals surface area contributed by atoms with E-state index < -0.39 is 10.0 Å². The summed E-state index contributed by atoms with van der Waals surface area (Å²) >= 11 is 1.54. The number of halogens is 1. The third-order valence-electron chi connectivity index (χ3n) is 3.66.